The second kappa shape index (κ2) is 5.67. The normalized spacial score (nSPS) is 10.3. The van der Waals surface area contributed by atoms with E-state index in [1.807, 2.05) is 67.6 Å². The van der Waals surface area contributed by atoms with Crippen molar-refractivity contribution >= 4 is 22.6 Å². The smallest absolute Gasteiger partial charge is 0.410 e. The Hall–Kier alpha value is -2.81. The van der Waals surface area contributed by atoms with Gasteiger partial charge in [-0.2, -0.15) is 0 Å². The average Bonchev–Trinajstić information content (AvgIpc) is 2.47. The summed E-state index contributed by atoms with van der Waals surface area (Å²) in [6.45, 7) is 1.95. The minimum Gasteiger partial charge on any atom is -0.410 e. The molecule has 3 heteroatoms. The molecular formula is C18H15NO2. The van der Waals surface area contributed by atoms with Crippen LogP contribution in [0.3, 0.4) is 0 Å². The Morgan fingerprint density at radius 1 is 0.952 bits per heavy atom. The van der Waals surface area contributed by atoms with E-state index in [4.69, 9.17) is 4.74 Å². The van der Waals surface area contributed by atoms with Crippen LogP contribution in [0, 0.1) is 6.92 Å². The second-order valence-electron chi connectivity index (χ2n) is 4.86. The molecular weight excluding hydrogens is 262 g/mol. The van der Waals surface area contributed by atoms with E-state index in [0.29, 0.717) is 5.75 Å². The van der Waals surface area contributed by atoms with Gasteiger partial charge in [-0.25, -0.2) is 4.79 Å². The van der Waals surface area contributed by atoms with E-state index in [9.17, 15) is 4.79 Å². The summed E-state index contributed by atoms with van der Waals surface area (Å²) in [4.78, 5) is 12.0. The summed E-state index contributed by atoms with van der Waals surface area (Å²) >= 11 is 0. The lowest BCUT2D eigenvalue weighted by atomic mass is 10.1. The number of ether oxygens (including phenoxy) is 1. The average molecular weight is 277 g/mol. The summed E-state index contributed by atoms with van der Waals surface area (Å²) in [6.07, 6.45) is -0.489. The molecule has 0 heterocycles. The molecule has 0 unspecified atom stereocenters. The van der Waals surface area contributed by atoms with Gasteiger partial charge in [0.2, 0.25) is 0 Å². The van der Waals surface area contributed by atoms with Crippen LogP contribution < -0.4 is 10.1 Å². The largest absolute Gasteiger partial charge is 0.417 e. The summed E-state index contributed by atoms with van der Waals surface area (Å²) in [5, 5.41) is 4.85. The van der Waals surface area contributed by atoms with E-state index < -0.39 is 6.09 Å². The molecule has 3 aromatic carbocycles. The quantitative estimate of drug-likeness (QED) is 0.733. The van der Waals surface area contributed by atoms with Gasteiger partial charge in [0, 0.05) is 5.39 Å². The molecule has 1 N–H and O–H groups in total. The SMILES string of the molecule is Cc1cccc(OC(=O)Nc2cccc3ccccc23)c1. The van der Waals surface area contributed by atoms with Crippen LogP contribution in [0.4, 0.5) is 10.5 Å². The molecule has 0 saturated heterocycles. The van der Waals surface area contributed by atoms with Crippen LogP contribution in [0.5, 0.6) is 5.75 Å². The Bertz CT molecular complexity index is 791. The molecule has 0 fully saturated rings. The number of hydrogen-bond acceptors (Lipinski definition) is 2. The molecule has 0 atom stereocenters. The van der Waals surface area contributed by atoms with Crippen LogP contribution in [-0.2, 0) is 0 Å². The first-order valence-electron chi connectivity index (χ1n) is 6.76. The third-order valence-corrected chi connectivity index (χ3v) is 3.23. The van der Waals surface area contributed by atoms with E-state index in [-0.39, 0.29) is 0 Å². The zero-order valence-electron chi connectivity index (χ0n) is 11.7. The number of carbonyl (C=O) groups is 1. The van der Waals surface area contributed by atoms with Crippen molar-refractivity contribution in [1.29, 1.82) is 0 Å². The maximum atomic E-state index is 12.0. The van der Waals surface area contributed by atoms with Gasteiger partial charge in [0.1, 0.15) is 5.75 Å². The van der Waals surface area contributed by atoms with Gasteiger partial charge in [-0.05, 0) is 36.1 Å². The molecule has 0 bridgehead atoms. The number of hydrogen-bond donors (Lipinski definition) is 1. The van der Waals surface area contributed by atoms with Gasteiger partial charge in [-0.15, -0.1) is 0 Å². The van der Waals surface area contributed by atoms with Crippen LogP contribution in [0.15, 0.2) is 66.7 Å². The van der Waals surface area contributed by atoms with Gasteiger partial charge in [0.25, 0.3) is 0 Å². The lowest BCUT2D eigenvalue weighted by Crippen LogP contribution is -2.16. The van der Waals surface area contributed by atoms with E-state index in [1.54, 1.807) is 6.07 Å². The summed E-state index contributed by atoms with van der Waals surface area (Å²) in [7, 11) is 0. The zero-order valence-corrected chi connectivity index (χ0v) is 11.7. The molecule has 3 nitrogen and oxygen atoms in total. The summed E-state index contributed by atoms with van der Waals surface area (Å²) < 4.78 is 5.30. The van der Waals surface area contributed by atoms with Crippen molar-refractivity contribution in [2.75, 3.05) is 5.32 Å². The molecule has 3 aromatic rings. The van der Waals surface area contributed by atoms with E-state index in [1.165, 1.54) is 0 Å². The summed E-state index contributed by atoms with van der Waals surface area (Å²) in [5.41, 5.74) is 1.79. The Morgan fingerprint density at radius 3 is 2.57 bits per heavy atom. The lowest BCUT2D eigenvalue weighted by Gasteiger charge is -2.09. The van der Waals surface area contributed by atoms with Crippen molar-refractivity contribution in [3.63, 3.8) is 0 Å². The number of benzene rings is 3. The predicted molar refractivity (Wildman–Crippen MR) is 84.8 cm³/mol. The molecule has 0 saturated carbocycles. The fourth-order valence-corrected chi connectivity index (χ4v) is 2.26. The van der Waals surface area contributed by atoms with Crippen LogP contribution >= 0.6 is 0 Å². The molecule has 0 radical (unpaired) electrons. The number of rotatable bonds is 2. The molecule has 0 aliphatic rings. The summed E-state index contributed by atoms with van der Waals surface area (Å²) in [6, 6.07) is 21.1. The van der Waals surface area contributed by atoms with Crippen LogP contribution in [-0.4, -0.2) is 6.09 Å². The fourth-order valence-electron chi connectivity index (χ4n) is 2.26. The van der Waals surface area contributed by atoms with Crippen molar-refractivity contribution in [3.8, 4) is 5.75 Å². The standard InChI is InChI=1S/C18H15NO2/c1-13-6-4-9-15(12-13)21-18(20)19-17-11-5-8-14-7-2-3-10-16(14)17/h2-12H,1H3,(H,19,20). The third-order valence-electron chi connectivity index (χ3n) is 3.23. The molecule has 21 heavy (non-hydrogen) atoms. The van der Waals surface area contributed by atoms with E-state index in [2.05, 4.69) is 5.32 Å². The Kier molecular flexibility index (Phi) is 3.56. The van der Waals surface area contributed by atoms with Crippen LogP contribution in [0.2, 0.25) is 0 Å². The number of anilines is 1. The predicted octanol–water partition coefficient (Wildman–Crippen LogP) is 4.76. The molecule has 1 amide bonds. The van der Waals surface area contributed by atoms with Crippen molar-refractivity contribution in [1.82, 2.24) is 0 Å². The maximum absolute atomic E-state index is 12.0. The molecule has 104 valence electrons. The van der Waals surface area contributed by atoms with Crippen molar-refractivity contribution < 1.29 is 9.53 Å². The number of aryl methyl sites for hydroxylation is 1. The van der Waals surface area contributed by atoms with Crippen molar-refractivity contribution in [2.45, 2.75) is 6.92 Å². The van der Waals surface area contributed by atoms with Gasteiger partial charge >= 0.3 is 6.09 Å². The summed E-state index contributed by atoms with van der Waals surface area (Å²) in [5.74, 6) is 0.535. The fraction of sp³-hybridized carbons (Fsp3) is 0.0556. The highest BCUT2D eigenvalue weighted by atomic mass is 16.6. The number of fused-ring (bicyclic) bond motifs is 1. The van der Waals surface area contributed by atoms with Gasteiger partial charge in [-0.3, -0.25) is 5.32 Å². The molecule has 0 spiro atoms. The van der Waals surface area contributed by atoms with Crippen LogP contribution in [0.1, 0.15) is 5.56 Å². The minimum atomic E-state index is -0.489. The van der Waals surface area contributed by atoms with Crippen molar-refractivity contribution in [2.24, 2.45) is 0 Å². The molecule has 0 aliphatic heterocycles. The maximum Gasteiger partial charge on any atom is 0.417 e. The van der Waals surface area contributed by atoms with Gasteiger partial charge in [-0.1, -0.05) is 48.5 Å². The Labute approximate surface area is 123 Å². The lowest BCUT2D eigenvalue weighted by molar-refractivity contribution is 0.215. The molecule has 0 aromatic heterocycles. The van der Waals surface area contributed by atoms with Crippen molar-refractivity contribution in [3.05, 3.63) is 72.3 Å². The second-order valence-corrected chi connectivity index (χ2v) is 4.86. The Balaban J connectivity index is 1.80. The van der Waals surface area contributed by atoms with E-state index >= 15 is 0 Å². The van der Waals surface area contributed by atoms with Gasteiger partial charge in [0.15, 0.2) is 0 Å². The Morgan fingerprint density at radius 2 is 1.71 bits per heavy atom. The highest BCUT2D eigenvalue weighted by Gasteiger charge is 2.07. The number of carbonyl (C=O) groups excluding carboxylic acids is 1. The highest BCUT2D eigenvalue weighted by molar-refractivity contribution is 6.00. The van der Waals surface area contributed by atoms with Gasteiger partial charge in [0.05, 0.1) is 5.69 Å². The first-order valence-corrected chi connectivity index (χ1v) is 6.76. The minimum absolute atomic E-state index is 0.489. The van der Waals surface area contributed by atoms with Gasteiger partial charge < -0.3 is 4.74 Å². The van der Waals surface area contributed by atoms with Crippen LogP contribution in [0.25, 0.3) is 10.8 Å². The molecule has 3 rings (SSSR count). The number of nitrogens with one attached hydrogen (secondary N) is 1. The third kappa shape index (κ3) is 3.03. The first-order chi connectivity index (χ1) is 10.2. The highest BCUT2D eigenvalue weighted by Crippen LogP contribution is 2.23. The topological polar surface area (TPSA) is 38.3 Å². The van der Waals surface area contributed by atoms with E-state index in [0.717, 1.165) is 22.0 Å². The first kappa shape index (κ1) is 13.2. The monoisotopic (exact) mass is 277 g/mol. The number of amides is 1. The molecule has 0 aliphatic carbocycles. The zero-order chi connectivity index (χ0) is 14.7.